The second kappa shape index (κ2) is 11.0. The van der Waals surface area contributed by atoms with E-state index in [1.807, 2.05) is 78.3 Å². The van der Waals surface area contributed by atoms with E-state index < -0.39 is 6.04 Å². The highest BCUT2D eigenvalue weighted by Crippen LogP contribution is 2.34. The molecule has 0 aliphatic rings. The van der Waals surface area contributed by atoms with Crippen LogP contribution in [0.1, 0.15) is 27.5 Å². The molecule has 2 N–H and O–H groups in total. The van der Waals surface area contributed by atoms with E-state index in [0.29, 0.717) is 22.7 Å². The topological polar surface area (TPSA) is 67.8 Å². The summed E-state index contributed by atoms with van der Waals surface area (Å²) in [7, 11) is 1.58. The number of nitrogens with one attached hydrogen (secondary N) is 1. The summed E-state index contributed by atoms with van der Waals surface area (Å²) < 4.78 is 11.0. The number of ether oxygens (including phenoxy) is 2. The number of aliphatic hydroxyl groups excluding tert-OH is 1. The molecule has 0 bridgehead atoms. The van der Waals surface area contributed by atoms with Crippen LogP contribution in [0.25, 0.3) is 11.1 Å². The van der Waals surface area contributed by atoms with Gasteiger partial charge in [0, 0.05) is 40.4 Å². The highest BCUT2D eigenvalue weighted by molar-refractivity contribution is 7.08. The van der Waals surface area contributed by atoms with Gasteiger partial charge in [0.25, 0.3) is 0 Å². The number of aryl methyl sites for hydroxylation is 1. The van der Waals surface area contributed by atoms with Crippen molar-refractivity contribution in [1.82, 2.24) is 0 Å². The third kappa shape index (κ3) is 5.47. The number of hydrogen-bond acceptors (Lipinski definition) is 6. The van der Waals surface area contributed by atoms with Crippen molar-refractivity contribution in [2.24, 2.45) is 0 Å². The molecule has 1 heterocycles. The van der Waals surface area contributed by atoms with Gasteiger partial charge < -0.3 is 19.9 Å². The van der Waals surface area contributed by atoms with Crippen molar-refractivity contribution < 1.29 is 19.4 Å². The van der Waals surface area contributed by atoms with Gasteiger partial charge in [-0.2, -0.15) is 11.3 Å². The number of rotatable bonds is 10. The number of ketones is 1. The lowest BCUT2D eigenvalue weighted by Crippen LogP contribution is -2.21. The highest BCUT2D eigenvalue weighted by Gasteiger charge is 2.26. The largest absolute Gasteiger partial charge is 0.497 e. The molecule has 0 amide bonds. The number of hydrogen-bond donors (Lipinski definition) is 2. The van der Waals surface area contributed by atoms with E-state index in [2.05, 4.69) is 5.32 Å². The third-order valence-corrected chi connectivity index (χ3v) is 6.22. The van der Waals surface area contributed by atoms with Gasteiger partial charge in [0.2, 0.25) is 0 Å². The maximum atomic E-state index is 13.9. The second-order valence-corrected chi connectivity index (χ2v) is 8.63. The number of benzene rings is 3. The summed E-state index contributed by atoms with van der Waals surface area (Å²) >= 11 is 1.52. The first-order valence-electron chi connectivity index (χ1n) is 11.0. The predicted molar refractivity (Wildman–Crippen MR) is 137 cm³/mol. The lowest BCUT2D eigenvalue weighted by molar-refractivity contribution is 0.0970. The van der Waals surface area contributed by atoms with Crippen LogP contribution < -0.4 is 14.8 Å². The Morgan fingerprint density at radius 3 is 2.44 bits per heavy atom. The Balaban J connectivity index is 1.73. The summed E-state index contributed by atoms with van der Waals surface area (Å²) in [5.74, 6) is 1.12. The zero-order valence-electron chi connectivity index (χ0n) is 19.2. The van der Waals surface area contributed by atoms with Crippen LogP contribution in [0.15, 0.2) is 83.6 Å². The third-order valence-electron chi connectivity index (χ3n) is 5.47. The number of carbonyl (C=O) groups excluding carboxylic acids is 1. The zero-order valence-corrected chi connectivity index (χ0v) is 20.0. The lowest BCUT2D eigenvalue weighted by atomic mass is 9.93. The summed E-state index contributed by atoms with van der Waals surface area (Å²) in [6.07, 6.45) is 0. The van der Waals surface area contributed by atoms with Gasteiger partial charge in [-0.05, 0) is 23.4 Å². The van der Waals surface area contributed by atoms with E-state index in [-0.39, 0.29) is 19.0 Å². The van der Waals surface area contributed by atoms with Gasteiger partial charge in [-0.25, -0.2) is 0 Å². The minimum atomic E-state index is -0.615. The quantitative estimate of drug-likeness (QED) is 0.271. The van der Waals surface area contributed by atoms with E-state index >= 15 is 0 Å². The minimum absolute atomic E-state index is 0.0235. The van der Waals surface area contributed by atoms with Crippen molar-refractivity contribution in [3.63, 3.8) is 0 Å². The summed E-state index contributed by atoms with van der Waals surface area (Å²) in [6.45, 7) is 2.10. The van der Waals surface area contributed by atoms with Gasteiger partial charge in [0.05, 0.1) is 13.7 Å². The maximum Gasteiger partial charge on any atom is 0.191 e. The van der Waals surface area contributed by atoms with E-state index in [4.69, 9.17) is 14.6 Å². The molecule has 1 atom stereocenters. The van der Waals surface area contributed by atoms with Crippen molar-refractivity contribution in [1.29, 1.82) is 0 Å². The van der Waals surface area contributed by atoms with Gasteiger partial charge in [0.15, 0.2) is 5.78 Å². The van der Waals surface area contributed by atoms with Gasteiger partial charge in [-0.3, -0.25) is 4.79 Å². The van der Waals surface area contributed by atoms with Crippen molar-refractivity contribution in [2.45, 2.75) is 13.0 Å². The Hall–Kier alpha value is -3.61. The number of anilines is 1. The summed E-state index contributed by atoms with van der Waals surface area (Å²) in [5, 5.41) is 16.5. The van der Waals surface area contributed by atoms with E-state index in [0.717, 1.165) is 22.3 Å². The molecule has 0 radical (unpaired) electrons. The molecule has 1 aromatic heterocycles. The Morgan fingerprint density at radius 2 is 1.74 bits per heavy atom. The molecule has 0 aliphatic carbocycles. The molecule has 4 rings (SSSR count). The average Bonchev–Trinajstić information content (AvgIpc) is 3.37. The van der Waals surface area contributed by atoms with Crippen molar-refractivity contribution in [2.75, 3.05) is 25.6 Å². The standard InChI is InChI=1S/C28H27NO4S/c1-19-8-10-21(11-9-19)27(29-22-14-23(32-2)16-24(15-22)33-13-12-30)28(31)26-18-34-17-25(26)20-6-4-3-5-7-20/h3-11,14-18,27,29-30H,12-13H2,1-2H3. The first kappa shape index (κ1) is 23.5. The highest BCUT2D eigenvalue weighted by atomic mass is 32.1. The number of Topliss-reactive ketones (excluding diaryl/α,β-unsaturated/α-hetero) is 1. The fraction of sp³-hybridized carbons (Fsp3) is 0.179. The fourth-order valence-corrected chi connectivity index (χ4v) is 4.58. The molecule has 0 saturated heterocycles. The van der Waals surface area contributed by atoms with Crippen molar-refractivity contribution in [3.05, 3.63) is 100 Å². The maximum absolute atomic E-state index is 13.9. The molecule has 0 aliphatic heterocycles. The Labute approximate surface area is 203 Å². The Morgan fingerprint density at radius 1 is 1.00 bits per heavy atom. The van der Waals surface area contributed by atoms with Gasteiger partial charge >= 0.3 is 0 Å². The van der Waals surface area contributed by atoms with Crippen LogP contribution in [-0.2, 0) is 0 Å². The SMILES string of the molecule is COc1cc(NC(C(=O)c2cscc2-c2ccccc2)c2ccc(C)cc2)cc(OCCO)c1. The van der Waals surface area contributed by atoms with Gasteiger partial charge in [-0.15, -0.1) is 0 Å². The lowest BCUT2D eigenvalue weighted by Gasteiger charge is -2.21. The number of thiophene rings is 1. The Kier molecular flexibility index (Phi) is 7.62. The van der Waals surface area contributed by atoms with Crippen LogP contribution in [-0.4, -0.2) is 31.2 Å². The van der Waals surface area contributed by atoms with Crippen LogP contribution in [0.4, 0.5) is 5.69 Å². The summed E-state index contributed by atoms with van der Waals surface area (Å²) in [6, 6.07) is 22.7. The number of methoxy groups -OCH3 is 1. The average molecular weight is 474 g/mol. The molecular weight excluding hydrogens is 446 g/mol. The van der Waals surface area contributed by atoms with E-state index in [9.17, 15) is 4.79 Å². The Bertz CT molecular complexity index is 1240. The second-order valence-electron chi connectivity index (χ2n) is 7.89. The first-order chi connectivity index (χ1) is 16.6. The van der Waals surface area contributed by atoms with Gasteiger partial charge in [-0.1, -0.05) is 60.2 Å². The van der Waals surface area contributed by atoms with Crippen LogP contribution in [0, 0.1) is 6.92 Å². The summed E-state index contributed by atoms with van der Waals surface area (Å²) in [4.78, 5) is 13.9. The first-order valence-corrected chi connectivity index (χ1v) is 11.9. The summed E-state index contributed by atoms with van der Waals surface area (Å²) in [5.41, 5.74) is 5.28. The van der Waals surface area contributed by atoms with Crippen LogP contribution >= 0.6 is 11.3 Å². The molecular formula is C28H27NO4S. The molecule has 4 aromatic rings. The van der Waals surface area contributed by atoms with Gasteiger partial charge in [0.1, 0.15) is 24.1 Å². The van der Waals surface area contributed by atoms with Crippen molar-refractivity contribution >= 4 is 22.8 Å². The molecule has 174 valence electrons. The molecule has 1 unspecified atom stereocenters. The molecule has 3 aromatic carbocycles. The smallest absolute Gasteiger partial charge is 0.191 e. The van der Waals surface area contributed by atoms with Crippen molar-refractivity contribution in [3.8, 4) is 22.6 Å². The van der Waals surface area contributed by atoms with Crippen LogP contribution in [0.3, 0.4) is 0 Å². The number of carbonyl (C=O) groups is 1. The normalized spacial score (nSPS) is 11.6. The van der Waals surface area contributed by atoms with E-state index in [1.54, 1.807) is 19.2 Å². The molecule has 34 heavy (non-hydrogen) atoms. The molecule has 6 heteroatoms. The molecule has 0 fully saturated rings. The zero-order chi connectivity index (χ0) is 23.9. The number of aliphatic hydroxyl groups is 1. The molecule has 5 nitrogen and oxygen atoms in total. The van der Waals surface area contributed by atoms with Crippen LogP contribution in [0.2, 0.25) is 0 Å². The minimum Gasteiger partial charge on any atom is -0.497 e. The molecule has 0 saturated carbocycles. The van der Waals surface area contributed by atoms with E-state index in [1.165, 1.54) is 11.3 Å². The molecule has 0 spiro atoms. The predicted octanol–water partition coefficient (Wildman–Crippen LogP) is 6.14. The monoisotopic (exact) mass is 473 g/mol. The van der Waals surface area contributed by atoms with Crippen LogP contribution in [0.5, 0.6) is 11.5 Å². The fourth-order valence-electron chi connectivity index (χ4n) is 3.73.